The van der Waals surface area contributed by atoms with Crippen molar-refractivity contribution in [2.75, 3.05) is 5.32 Å². The highest BCUT2D eigenvalue weighted by Gasteiger charge is 2.28. The predicted molar refractivity (Wildman–Crippen MR) is 100 cm³/mol. The first-order valence-corrected chi connectivity index (χ1v) is 8.39. The Labute approximate surface area is 149 Å². The van der Waals surface area contributed by atoms with Crippen LogP contribution in [-0.4, -0.2) is 15.9 Å². The zero-order chi connectivity index (χ0) is 18.8. The molecule has 5 nitrogen and oxygen atoms in total. The van der Waals surface area contributed by atoms with Gasteiger partial charge in [0, 0.05) is 29.9 Å². The number of benzene rings is 1. The maximum atomic E-state index is 11.7. The second-order valence-electron chi connectivity index (χ2n) is 8.21. The van der Waals surface area contributed by atoms with Gasteiger partial charge in [-0.1, -0.05) is 41.5 Å². The van der Waals surface area contributed by atoms with Gasteiger partial charge in [0.1, 0.15) is 17.9 Å². The van der Waals surface area contributed by atoms with Gasteiger partial charge in [0.15, 0.2) is 0 Å². The highest BCUT2D eigenvalue weighted by molar-refractivity contribution is 5.73. The van der Waals surface area contributed by atoms with Crippen molar-refractivity contribution in [2.45, 2.75) is 59.3 Å². The van der Waals surface area contributed by atoms with Crippen LogP contribution in [0.5, 0.6) is 5.75 Å². The van der Waals surface area contributed by atoms with Crippen molar-refractivity contribution in [3.8, 4) is 5.75 Å². The van der Waals surface area contributed by atoms with Gasteiger partial charge in [0.05, 0.1) is 0 Å². The lowest BCUT2D eigenvalue weighted by Crippen LogP contribution is -2.21. The highest BCUT2D eigenvalue weighted by atomic mass is 16.5. The van der Waals surface area contributed by atoms with Crippen LogP contribution in [-0.2, 0) is 15.6 Å². The molecule has 0 unspecified atom stereocenters. The van der Waals surface area contributed by atoms with Crippen LogP contribution in [0.15, 0.2) is 30.7 Å². The molecule has 1 aromatic heterocycles. The number of ether oxygens (including phenoxy) is 1. The van der Waals surface area contributed by atoms with E-state index in [1.165, 1.54) is 13.3 Å². The molecule has 1 N–H and O–H groups in total. The van der Waals surface area contributed by atoms with E-state index < -0.39 is 0 Å². The zero-order valence-electron chi connectivity index (χ0n) is 16.1. The zero-order valence-corrected chi connectivity index (χ0v) is 16.1. The number of carbonyl (C=O) groups excluding carboxylic acids is 1. The average molecular weight is 341 g/mol. The lowest BCUT2D eigenvalue weighted by atomic mass is 9.79. The first-order valence-electron chi connectivity index (χ1n) is 8.39. The molecule has 2 aromatic rings. The number of nitrogens with one attached hydrogen (secondary N) is 1. The van der Waals surface area contributed by atoms with Crippen LogP contribution in [0.4, 0.5) is 11.5 Å². The Kier molecular flexibility index (Phi) is 5.16. The van der Waals surface area contributed by atoms with Gasteiger partial charge in [-0.05, 0) is 29.0 Å². The van der Waals surface area contributed by atoms with Crippen molar-refractivity contribution in [3.05, 3.63) is 41.9 Å². The van der Waals surface area contributed by atoms with Crippen LogP contribution < -0.4 is 10.1 Å². The van der Waals surface area contributed by atoms with Crippen LogP contribution in [0, 0.1) is 0 Å². The Morgan fingerprint density at radius 3 is 2.00 bits per heavy atom. The molecule has 0 aliphatic heterocycles. The van der Waals surface area contributed by atoms with Gasteiger partial charge < -0.3 is 10.1 Å². The minimum absolute atomic E-state index is 0.186. The Bertz CT molecular complexity index is 722. The largest absolute Gasteiger partial charge is 0.426 e. The SMILES string of the molecule is CC(=O)Oc1c(C(C)(C)C)cc(Nc2ccncn2)cc1C(C)(C)C. The smallest absolute Gasteiger partial charge is 0.308 e. The van der Waals surface area contributed by atoms with Crippen LogP contribution in [0.25, 0.3) is 0 Å². The van der Waals surface area contributed by atoms with Gasteiger partial charge in [-0.3, -0.25) is 4.79 Å². The van der Waals surface area contributed by atoms with Gasteiger partial charge in [0.2, 0.25) is 0 Å². The fourth-order valence-corrected chi connectivity index (χ4v) is 2.58. The minimum atomic E-state index is -0.312. The standard InChI is InChI=1S/C20H27N3O2/c1-13(24)25-18-15(19(2,3)4)10-14(11-16(18)20(5,6)7)23-17-8-9-21-12-22-17/h8-12H,1-7H3,(H,21,22,23). The molecule has 0 bridgehead atoms. The van der Waals surface area contributed by atoms with E-state index >= 15 is 0 Å². The third kappa shape index (κ3) is 4.78. The maximum Gasteiger partial charge on any atom is 0.308 e. The minimum Gasteiger partial charge on any atom is -0.426 e. The quantitative estimate of drug-likeness (QED) is 0.645. The summed E-state index contributed by atoms with van der Waals surface area (Å²) >= 11 is 0. The summed E-state index contributed by atoms with van der Waals surface area (Å²) in [6, 6.07) is 5.86. The summed E-state index contributed by atoms with van der Waals surface area (Å²) in [7, 11) is 0. The molecule has 0 atom stereocenters. The van der Waals surface area contributed by atoms with E-state index in [1.54, 1.807) is 6.20 Å². The van der Waals surface area contributed by atoms with Crippen molar-refractivity contribution in [1.29, 1.82) is 0 Å². The van der Waals surface area contributed by atoms with Crippen molar-refractivity contribution >= 4 is 17.5 Å². The van der Waals surface area contributed by atoms with Gasteiger partial charge in [-0.15, -0.1) is 0 Å². The number of hydrogen-bond acceptors (Lipinski definition) is 5. The summed E-state index contributed by atoms with van der Waals surface area (Å²) in [6.07, 6.45) is 3.20. The van der Waals surface area contributed by atoms with Gasteiger partial charge in [-0.25, -0.2) is 9.97 Å². The van der Waals surface area contributed by atoms with E-state index in [9.17, 15) is 4.79 Å². The molecule has 0 fully saturated rings. The van der Waals surface area contributed by atoms with Gasteiger partial charge >= 0.3 is 5.97 Å². The maximum absolute atomic E-state index is 11.7. The van der Waals surface area contributed by atoms with Crippen molar-refractivity contribution in [1.82, 2.24) is 9.97 Å². The van der Waals surface area contributed by atoms with Crippen LogP contribution >= 0.6 is 0 Å². The Hall–Kier alpha value is -2.43. The molecular weight excluding hydrogens is 314 g/mol. The summed E-state index contributed by atoms with van der Waals surface area (Å²) in [6.45, 7) is 14.1. The van der Waals surface area contributed by atoms with E-state index in [-0.39, 0.29) is 16.8 Å². The normalized spacial score (nSPS) is 12.0. The summed E-state index contributed by atoms with van der Waals surface area (Å²) in [5, 5.41) is 3.32. The number of aromatic nitrogens is 2. The Balaban J connectivity index is 2.65. The molecule has 0 radical (unpaired) electrons. The fourth-order valence-electron chi connectivity index (χ4n) is 2.58. The van der Waals surface area contributed by atoms with Gasteiger partial charge in [0.25, 0.3) is 0 Å². The fraction of sp³-hybridized carbons (Fsp3) is 0.450. The first-order chi connectivity index (χ1) is 11.5. The van der Waals surface area contributed by atoms with Crippen molar-refractivity contribution < 1.29 is 9.53 Å². The monoisotopic (exact) mass is 341 g/mol. The lowest BCUT2D eigenvalue weighted by molar-refractivity contribution is -0.132. The molecule has 0 aliphatic carbocycles. The summed E-state index contributed by atoms with van der Waals surface area (Å²) in [4.78, 5) is 19.9. The van der Waals surface area contributed by atoms with E-state index in [0.717, 1.165) is 22.6 Å². The molecule has 0 amide bonds. The van der Waals surface area contributed by atoms with Gasteiger partial charge in [-0.2, -0.15) is 0 Å². The van der Waals surface area contributed by atoms with Crippen molar-refractivity contribution in [3.63, 3.8) is 0 Å². The third-order valence-electron chi connectivity index (χ3n) is 3.81. The van der Waals surface area contributed by atoms with E-state index in [1.807, 2.05) is 18.2 Å². The molecule has 1 heterocycles. The second-order valence-corrected chi connectivity index (χ2v) is 8.21. The van der Waals surface area contributed by atoms with Crippen LogP contribution in [0.1, 0.15) is 59.6 Å². The van der Waals surface area contributed by atoms with Crippen molar-refractivity contribution in [2.24, 2.45) is 0 Å². The Morgan fingerprint density at radius 1 is 1.04 bits per heavy atom. The summed E-state index contributed by atoms with van der Waals surface area (Å²) in [5.41, 5.74) is 2.49. The molecule has 0 aliphatic rings. The molecule has 0 spiro atoms. The average Bonchev–Trinajstić information content (AvgIpc) is 2.46. The van der Waals surface area contributed by atoms with E-state index in [2.05, 4.69) is 56.8 Å². The summed E-state index contributed by atoms with van der Waals surface area (Å²) < 4.78 is 5.64. The molecule has 5 heteroatoms. The molecule has 0 saturated heterocycles. The molecular formula is C20H27N3O2. The second kappa shape index (κ2) is 6.82. The molecule has 2 rings (SSSR count). The Morgan fingerprint density at radius 2 is 1.60 bits per heavy atom. The molecule has 1 aromatic carbocycles. The predicted octanol–water partition coefficient (Wildman–Crippen LogP) is 4.74. The topological polar surface area (TPSA) is 64.1 Å². The molecule has 25 heavy (non-hydrogen) atoms. The first kappa shape index (κ1) is 18.9. The summed E-state index contributed by atoms with van der Waals surface area (Å²) in [5.74, 6) is 1.06. The third-order valence-corrected chi connectivity index (χ3v) is 3.81. The number of esters is 1. The molecule has 0 saturated carbocycles. The van der Waals surface area contributed by atoms with Crippen LogP contribution in [0.2, 0.25) is 0 Å². The lowest BCUT2D eigenvalue weighted by Gasteiger charge is -2.30. The van der Waals surface area contributed by atoms with E-state index in [4.69, 9.17) is 4.74 Å². The van der Waals surface area contributed by atoms with Crippen LogP contribution in [0.3, 0.4) is 0 Å². The highest BCUT2D eigenvalue weighted by Crippen LogP contribution is 2.42. The number of nitrogens with zero attached hydrogens (tertiary/aromatic N) is 2. The number of rotatable bonds is 3. The number of carbonyl (C=O) groups is 1. The molecule has 134 valence electrons. The van der Waals surface area contributed by atoms with E-state index in [0.29, 0.717) is 5.75 Å². The number of anilines is 2. The number of hydrogen-bond donors (Lipinski definition) is 1.